The van der Waals surface area contributed by atoms with Crippen molar-refractivity contribution in [2.75, 3.05) is 19.8 Å². The molecule has 3 atom stereocenters. The number of carboxylic acid groups (broad SMARTS) is 1. The molecule has 3 aliphatic heterocycles. The molecule has 0 spiro atoms. The molecule has 2 saturated heterocycles. The van der Waals surface area contributed by atoms with Gasteiger partial charge in [0.1, 0.15) is 6.61 Å². The van der Waals surface area contributed by atoms with Crippen LogP contribution in [0, 0.1) is 5.92 Å². The number of β-lactam (4-membered cyclic amide) rings is 1. The molecule has 9 heteroatoms. The average molecular weight is 408 g/mol. The fraction of sp³-hybridized carbons (Fsp3) is 0.450. The standard InChI is InChI=1S/C20H22N2O6.Na/c1-11(23)17-15-8-14(18(20(26)27)22(15)19(17)25)13-4-2-12(3-5-13)9-21-6-7-28-10-16(21)24;/h2-5,11,15,17,23H,6-10H2,1H3,(H,26,27);/q;+1/p-1/t11-,15-,17-;/m1./s1. The van der Waals surface area contributed by atoms with Gasteiger partial charge in [0.05, 0.1) is 36.3 Å². The minimum atomic E-state index is -1.39. The van der Waals surface area contributed by atoms with Gasteiger partial charge >= 0.3 is 29.6 Å². The van der Waals surface area contributed by atoms with Crippen LogP contribution in [-0.4, -0.2) is 64.6 Å². The van der Waals surface area contributed by atoms with Crippen LogP contribution in [0.25, 0.3) is 5.57 Å². The van der Waals surface area contributed by atoms with E-state index in [1.165, 1.54) is 11.8 Å². The molecule has 2 fully saturated rings. The predicted molar refractivity (Wildman–Crippen MR) is 95.0 cm³/mol. The van der Waals surface area contributed by atoms with Gasteiger partial charge in [0.15, 0.2) is 0 Å². The molecule has 0 radical (unpaired) electrons. The molecule has 2 amide bonds. The van der Waals surface area contributed by atoms with E-state index in [2.05, 4.69) is 0 Å². The average Bonchev–Trinajstić information content (AvgIpc) is 2.99. The van der Waals surface area contributed by atoms with Crippen molar-refractivity contribution in [2.45, 2.75) is 32.0 Å². The number of fused-ring (bicyclic) bond motifs is 1. The second-order valence-corrected chi connectivity index (χ2v) is 7.43. The summed E-state index contributed by atoms with van der Waals surface area (Å²) in [5.74, 6) is -2.41. The summed E-state index contributed by atoms with van der Waals surface area (Å²) in [6.45, 7) is 3.15. The van der Waals surface area contributed by atoms with Crippen molar-refractivity contribution in [3.8, 4) is 0 Å². The topological polar surface area (TPSA) is 110 Å². The Balaban J connectivity index is 0.00000240. The molecule has 1 N–H and O–H groups in total. The Kier molecular flexibility index (Phi) is 6.50. The van der Waals surface area contributed by atoms with Crippen LogP contribution in [-0.2, 0) is 25.7 Å². The Morgan fingerprint density at radius 3 is 2.59 bits per heavy atom. The van der Waals surface area contributed by atoms with Crippen molar-refractivity contribution in [2.24, 2.45) is 5.92 Å². The summed E-state index contributed by atoms with van der Waals surface area (Å²) in [6, 6.07) is 6.95. The molecule has 0 unspecified atom stereocenters. The van der Waals surface area contributed by atoms with Gasteiger partial charge in [-0.2, -0.15) is 0 Å². The second-order valence-electron chi connectivity index (χ2n) is 7.43. The van der Waals surface area contributed by atoms with E-state index in [0.717, 1.165) is 5.56 Å². The van der Waals surface area contributed by atoms with Crippen molar-refractivity contribution < 1.29 is 58.9 Å². The van der Waals surface area contributed by atoms with Crippen LogP contribution in [0.15, 0.2) is 30.0 Å². The van der Waals surface area contributed by atoms with E-state index in [4.69, 9.17) is 4.74 Å². The van der Waals surface area contributed by atoms with Crippen LogP contribution in [0.5, 0.6) is 0 Å². The normalized spacial score (nSPS) is 24.8. The maximum absolute atomic E-state index is 12.3. The Labute approximate surface area is 190 Å². The minimum Gasteiger partial charge on any atom is -0.543 e. The zero-order valence-corrected chi connectivity index (χ0v) is 18.5. The van der Waals surface area contributed by atoms with E-state index < -0.39 is 18.0 Å². The molecule has 0 saturated carbocycles. The van der Waals surface area contributed by atoms with Crippen LogP contribution in [0.4, 0.5) is 0 Å². The molecule has 29 heavy (non-hydrogen) atoms. The molecule has 1 aromatic carbocycles. The molecular formula is C20H21N2NaO6. The van der Waals surface area contributed by atoms with Crippen LogP contribution >= 0.6 is 0 Å². The van der Waals surface area contributed by atoms with Gasteiger partial charge in [0.25, 0.3) is 0 Å². The summed E-state index contributed by atoms with van der Waals surface area (Å²) >= 11 is 0. The fourth-order valence-corrected chi connectivity index (χ4v) is 4.27. The molecule has 0 aromatic heterocycles. The summed E-state index contributed by atoms with van der Waals surface area (Å²) in [6.07, 6.45) is -0.462. The molecule has 0 bridgehead atoms. The molecular weight excluding hydrogens is 387 g/mol. The Bertz CT molecular complexity index is 866. The van der Waals surface area contributed by atoms with Crippen LogP contribution in [0.1, 0.15) is 24.5 Å². The van der Waals surface area contributed by atoms with Crippen LogP contribution < -0.4 is 34.7 Å². The number of aliphatic carboxylic acids is 1. The first kappa shape index (κ1) is 22.0. The summed E-state index contributed by atoms with van der Waals surface area (Å²) in [5, 5.41) is 21.5. The quantitative estimate of drug-likeness (QED) is 0.394. The van der Waals surface area contributed by atoms with Gasteiger partial charge in [-0.05, 0) is 30.0 Å². The van der Waals surface area contributed by atoms with Gasteiger partial charge in [-0.1, -0.05) is 24.3 Å². The van der Waals surface area contributed by atoms with Crippen molar-refractivity contribution in [1.82, 2.24) is 9.80 Å². The summed E-state index contributed by atoms with van der Waals surface area (Å²) in [7, 11) is 0. The van der Waals surface area contributed by atoms with Gasteiger partial charge in [0.2, 0.25) is 11.8 Å². The van der Waals surface area contributed by atoms with E-state index in [1.807, 2.05) is 12.1 Å². The van der Waals surface area contributed by atoms with Crippen molar-refractivity contribution in [3.63, 3.8) is 0 Å². The Hall–Kier alpha value is -1.71. The largest absolute Gasteiger partial charge is 1.00 e. The number of morpholine rings is 1. The number of aliphatic hydroxyl groups is 1. The number of aliphatic hydroxyl groups excluding tert-OH is 1. The van der Waals surface area contributed by atoms with E-state index in [-0.39, 0.29) is 59.7 Å². The predicted octanol–water partition coefficient (Wildman–Crippen LogP) is -3.88. The summed E-state index contributed by atoms with van der Waals surface area (Å²) < 4.78 is 5.12. The molecule has 4 rings (SSSR count). The smallest absolute Gasteiger partial charge is 0.543 e. The van der Waals surface area contributed by atoms with E-state index in [1.54, 1.807) is 17.0 Å². The third kappa shape index (κ3) is 3.87. The molecule has 1 aromatic rings. The number of ether oxygens (including phenoxy) is 1. The van der Waals surface area contributed by atoms with Crippen molar-refractivity contribution in [3.05, 3.63) is 41.1 Å². The van der Waals surface area contributed by atoms with Gasteiger partial charge < -0.3 is 29.5 Å². The monoisotopic (exact) mass is 408 g/mol. The molecule has 0 aliphatic carbocycles. The first-order valence-electron chi connectivity index (χ1n) is 9.29. The minimum absolute atomic E-state index is 0. The van der Waals surface area contributed by atoms with E-state index in [9.17, 15) is 24.6 Å². The van der Waals surface area contributed by atoms with Crippen molar-refractivity contribution >= 4 is 23.4 Å². The van der Waals surface area contributed by atoms with Gasteiger partial charge in [-0.3, -0.25) is 9.59 Å². The van der Waals surface area contributed by atoms with Gasteiger partial charge in [-0.25, -0.2) is 0 Å². The molecule has 3 heterocycles. The number of carboxylic acids is 1. The van der Waals surface area contributed by atoms with Crippen LogP contribution in [0.3, 0.4) is 0 Å². The SMILES string of the molecule is C[C@@H](O)[C@H]1C(=O)N2C(C(=O)[O-])=C(c3ccc(CN4CCOCC4=O)cc3)C[C@H]12.[Na+]. The zero-order valence-electron chi connectivity index (χ0n) is 16.5. The third-order valence-electron chi connectivity index (χ3n) is 5.68. The third-order valence-corrected chi connectivity index (χ3v) is 5.68. The molecule has 3 aliphatic rings. The number of nitrogens with zero attached hydrogens (tertiary/aromatic N) is 2. The van der Waals surface area contributed by atoms with E-state index >= 15 is 0 Å². The number of carbonyl (C=O) groups is 3. The number of hydrogen-bond acceptors (Lipinski definition) is 6. The second kappa shape index (κ2) is 8.57. The Morgan fingerprint density at radius 2 is 2.00 bits per heavy atom. The van der Waals surface area contributed by atoms with Crippen molar-refractivity contribution in [1.29, 1.82) is 0 Å². The first-order chi connectivity index (χ1) is 13.4. The summed E-state index contributed by atoms with van der Waals surface area (Å²) in [4.78, 5) is 38.8. The fourth-order valence-electron chi connectivity index (χ4n) is 4.27. The maximum Gasteiger partial charge on any atom is 1.00 e. The van der Waals surface area contributed by atoms with Gasteiger partial charge in [-0.15, -0.1) is 0 Å². The molecule has 148 valence electrons. The summed E-state index contributed by atoms with van der Waals surface area (Å²) in [5.41, 5.74) is 2.05. The van der Waals surface area contributed by atoms with E-state index in [0.29, 0.717) is 37.3 Å². The number of carbonyl (C=O) groups excluding carboxylic acids is 3. The zero-order chi connectivity index (χ0) is 20.0. The number of amides is 2. The van der Waals surface area contributed by atoms with Gasteiger partial charge in [0, 0.05) is 13.1 Å². The first-order valence-corrected chi connectivity index (χ1v) is 9.29. The number of rotatable bonds is 5. The molecule has 8 nitrogen and oxygen atoms in total. The number of benzene rings is 1. The maximum atomic E-state index is 12.3. The Morgan fingerprint density at radius 1 is 1.31 bits per heavy atom. The van der Waals surface area contributed by atoms with Crippen LogP contribution in [0.2, 0.25) is 0 Å². The number of hydrogen-bond donors (Lipinski definition) is 1.